The Balaban J connectivity index is 1.35. The van der Waals surface area contributed by atoms with Crippen molar-refractivity contribution in [3.8, 4) is 45.1 Å². The van der Waals surface area contributed by atoms with E-state index in [4.69, 9.17) is 18.7 Å². The quantitative estimate of drug-likeness (QED) is 0.131. The molecule has 1 saturated heterocycles. The van der Waals surface area contributed by atoms with Crippen LogP contribution in [0.1, 0.15) is 34.1 Å². The lowest BCUT2D eigenvalue weighted by molar-refractivity contribution is 0.0342. The first-order valence-electron chi connectivity index (χ1n) is 17.4. The van der Waals surface area contributed by atoms with Gasteiger partial charge in [0.2, 0.25) is 0 Å². The van der Waals surface area contributed by atoms with Gasteiger partial charge in [-0.2, -0.15) is 0 Å². The zero-order chi connectivity index (χ0) is 34.8. The lowest BCUT2D eigenvalue weighted by Crippen LogP contribution is -2.35. The topological polar surface area (TPSA) is 86.1 Å². The first kappa shape index (κ1) is 33.8. The molecule has 1 fully saturated rings. The third-order valence-corrected chi connectivity index (χ3v) is 8.88. The van der Waals surface area contributed by atoms with Crippen molar-refractivity contribution in [1.82, 2.24) is 15.4 Å². The minimum Gasteiger partial charge on any atom is -0.488 e. The highest BCUT2D eigenvalue weighted by Gasteiger charge is 2.28. The molecule has 51 heavy (non-hydrogen) atoms. The lowest BCUT2D eigenvalue weighted by Gasteiger charge is -2.26. The van der Waals surface area contributed by atoms with E-state index >= 15 is 0 Å². The molecular formula is C43H41N3O5. The molecule has 258 valence electrons. The van der Waals surface area contributed by atoms with E-state index in [1.165, 1.54) is 5.56 Å². The zero-order valence-corrected chi connectivity index (χ0v) is 28.7. The van der Waals surface area contributed by atoms with Crippen molar-refractivity contribution in [3.05, 3.63) is 150 Å². The molecule has 8 heteroatoms. The number of rotatable bonds is 13. The van der Waals surface area contributed by atoms with Crippen LogP contribution in [0.25, 0.3) is 33.6 Å². The molecule has 1 amide bonds. The Bertz CT molecular complexity index is 2020. The van der Waals surface area contributed by atoms with E-state index in [0.29, 0.717) is 48.1 Å². The zero-order valence-electron chi connectivity index (χ0n) is 28.7. The van der Waals surface area contributed by atoms with Gasteiger partial charge in [-0.1, -0.05) is 120 Å². The van der Waals surface area contributed by atoms with E-state index in [-0.39, 0.29) is 11.6 Å². The van der Waals surface area contributed by atoms with Crippen molar-refractivity contribution >= 4 is 5.91 Å². The molecule has 8 nitrogen and oxygen atoms in total. The van der Waals surface area contributed by atoms with Crippen molar-refractivity contribution in [1.29, 1.82) is 0 Å². The molecule has 0 radical (unpaired) electrons. The third-order valence-electron chi connectivity index (χ3n) is 8.88. The fourth-order valence-electron chi connectivity index (χ4n) is 6.23. The van der Waals surface area contributed by atoms with Crippen LogP contribution >= 0.6 is 0 Å². The summed E-state index contributed by atoms with van der Waals surface area (Å²) in [6, 6.07) is 42.4. The average Bonchev–Trinajstić information content (AvgIpc) is 3.63. The fraction of sp³-hybridized carbons (Fsp3) is 0.209. The van der Waals surface area contributed by atoms with Crippen molar-refractivity contribution in [2.75, 3.05) is 32.8 Å². The number of nitrogens with one attached hydrogen (secondary N) is 1. The first-order valence-corrected chi connectivity index (χ1v) is 17.4. The van der Waals surface area contributed by atoms with E-state index in [1.54, 1.807) is 0 Å². The SMILES string of the molecule is CCNC(=O)c1noc(-c2cc(-c3ccccc3)c(OCc3ccccc3)cc2OCc2ccccc2)c1-c1ccc(CN2CCOCC2)cc1. The van der Waals surface area contributed by atoms with Crippen LogP contribution < -0.4 is 14.8 Å². The van der Waals surface area contributed by atoms with Gasteiger partial charge in [0.05, 0.1) is 24.3 Å². The Hall–Kier alpha value is -5.70. The second kappa shape index (κ2) is 16.3. The largest absolute Gasteiger partial charge is 0.488 e. The summed E-state index contributed by atoms with van der Waals surface area (Å²) in [5.74, 6) is 1.34. The van der Waals surface area contributed by atoms with Gasteiger partial charge >= 0.3 is 0 Å². The molecular weight excluding hydrogens is 638 g/mol. The highest BCUT2D eigenvalue weighted by molar-refractivity contribution is 6.03. The molecule has 7 rings (SSSR count). The summed E-state index contributed by atoms with van der Waals surface area (Å²) in [7, 11) is 0. The van der Waals surface area contributed by atoms with Gasteiger partial charge in [-0.25, -0.2) is 0 Å². The lowest BCUT2D eigenvalue weighted by atomic mass is 9.94. The number of amides is 1. The molecule has 1 aliphatic rings. The van der Waals surface area contributed by atoms with Crippen LogP contribution in [0.3, 0.4) is 0 Å². The summed E-state index contributed by atoms with van der Waals surface area (Å²) < 4.78 is 24.8. The Morgan fingerprint density at radius 3 is 1.90 bits per heavy atom. The molecule has 0 atom stereocenters. The van der Waals surface area contributed by atoms with E-state index < -0.39 is 0 Å². The number of nitrogens with zero attached hydrogens (tertiary/aromatic N) is 2. The molecule has 0 unspecified atom stereocenters. The van der Waals surface area contributed by atoms with Gasteiger partial charge in [-0.3, -0.25) is 9.69 Å². The van der Waals surface area contributed by atoms with Crippen LogP contribution in [0.5, 0.6) is 11.5 Å². The van der Waals surface area contributed by atoms with Crippen LogP contribution in [-0.4, -0.2) is 48.8 Å². The van der Waals surface area contributed by atoms with E-state index in [2.05, 4.69) is 27.5 Å². The predicted molar refractivity (Wildman–Crippen MR) is 198 cm³/mol. The number of carbonyl (C=O) groups is 1. The number of hydrogen-bond donors (Lipinski definition) is 1. The molecule has 1 N–H and O–H groups in total. The number of morpholine rings is 1. The van der Waals surface area contributed by atoms with Crippen molar-refractivity contribution in [2.24, 2.45) is 0 Å². The molecule has 0 aliphatic carbocycles. The van der Waals surface area contributed by atoms with Gasteiger partial charge < -0.3 is 24.1 Å². The van der Waals surface area contributed by atoms with Gasteiger partial charge in [0.1, 0.15) is 24.7 Å². The normalized spacial score (nSPS) is 13.1. The minimum atomic E-state index is -0.308. The summed E-state index contributed by atoms with van der Waals surface area (Å²) in [5.41, 5.74) is 7.35. The number of hydrogen-bond acceptors (Lipinski definition) is 7. The summed E-state index contributed by atoms with van der Waals surface area (Å²) in [6.45, 7) is 7.15. The summed E-state index contributed by atoms with van der Waals surface area (Å²) in [4.78, 5) is 15.8. The maximum Gasteiger partial charge on any atom is 0.274 e. The van der Waals surface area contributed by atoms with E-state index in [1.807, 2.05) is 122 Å². The molecule has 0 saturated carbocycles. The second-order valence-corrected chi connectivity index (χ2v) is 12.4. The standard InChI is InChI=1S/C43H41N3O5/c1-2-44-43(47)41-40(35-20-18-31(19-21-35)28-46-22-24-48-25-23-46)42(51-45-41)37-26-36(34-16-10-5-11-17-34)38(49-29-32-12-6-3-7-13-32)27-39(37)50-30-33-14-8-4-9-15-33/h3-21,26-27H,2,22-25,28-30H2,1H3,(H,44,47). The Morgan fingerprint density at radius 1 is 0.706 bits per heavy atom. The fourth-order valence-corrected chi connectivity index (χ4v) is 6.23. The summed E-state index contributed by atoms with van der Waals surface area (Å²) >= 11 is 0. The van der Waals surface area contributed by atoms with Crippen molar-refractivity contribution < 1.29 is 23.5 Å². The highest BCUT2D eigenvalue weighted by atomic mass is 16.5. The van der Waals surface area contributed by atoms with Crippen molar-refractivity contribution in [2.45, 2.75) is 26.7 Å². The first-order chi connectivity index (χ1) is 25.2. The molecule has 2 heterocycles. The maximum absolute atomic E-state index is 13.5. The van der Waals surface area contributed by atoms with Crippen molar-refractivity contribution in [3.63, 3.8) is 0 Å². The van der Waals surface area contributed by atoms with Crippen LogP contribution in [0.15, 0.2) is 132 Å². The van der Waals surface area contributed by atoms with Crippen LogP contribution in [-0.2, 0) is 24.5 Å². The van der Waals surface area contributed by atoms with Gasteiger partial charge in [-0.15, -0.1) is 0 Å². The Labute approximate surface area is 298 Å². The Kier molecular flexibility index (Phi) is 10.8. The highest BCUT2D eigenvalue weighted by Crippen LogP contribution is 2.45. The number of aromatic nitrogens is 1. The van der Waals surface area contributed by atoms with Crippen LogP contribution in [0, 0.1) is 0 Å². The van der Waals surface area contributed by atoms with Gasteiger partial charge in [0.15, 0.2) is 11.5 Å². The molecule has 0 spiro atoms. The van der Waals surface area contributed by atoms with Crippen LogP contribution in [0.4, 0.5) is 0 Å². The molecule has 6 aromatic rings. The number of benzene rings is 5. The van der Waals surface area contributed by atoms with Gasteiger partial charge in [0.25, 0.3) is 5.91 Å². The number of carbonyl (C=O) groups excluding carboxylic acids is 1. The second-order valence-electron chi connectivity index (χ2n) is 12.4. The van der Waals surface area contributed by atoms with E-state index in [9.17, 15) is 4.79 Å². The predicted octanol–water partition coefficient (Wildman–Crippen LogP) is 8.42. The molecule has 0 bridgehead atoms. The average molecular weight is 680 g/mol. The smallest absolute Gasteiger partial charge is 0.274 e. The maximum atomic E-state index is 13.5. The molecule has 1 aromatic heterocycles. The van der Waals surface area contributed by atoms with E-state index in [0.717, 1.165) is 60.7 Å². The monoisotopic (exact) mass is 679 g/mol. The molecule has 5 aromatic carbocycles. The van der Waals surface area contributed by atoms with Gasteiger partial charge in [0, 0.05) is 37.8 Å². The Morgan fingerprint density at radius 2 is 1.29 bits per heavy atom. The van der Waals surface area contributed by atoms with Crippen LogP contribution in [0.2, 0.25) is 0 Å². The van der Waals surface area contributed by atoms with Gasteiger partial charge in [-0.05, 0) is 40.8 Å². The summed E-state index contributed by atoms with van der Waals surface area (Å²) in [6.07, 6.45) is 0. The minimum absolute atomic E-state index is 0.215. The summed E-state index contributed by atoms with van der Waals surface area (Å²) in [5, 5.41) is 7.28. The number of ether oxygens (including phenoxy) is 3. The molecule has 1 aliphatic heterocycles. The third kappa shape index (κ3) is 8.20.